The fourth-order valence-electron chi connectivity index (χ4n) is 3.22. The van der Waals surface area contributed by atoms with Crippen molar-refractivity contribution in [2.45, 2.75) is 25.2 Å². The molecule has 0 bridgehead atoms. The Morgan fingerprint density at radius 2 is 1.78 bits per heavy atom. The predicted molar refractivity (Wildman–Crippen MR) is 118 cm³/mol. The van der Waals surface area contributed by atoms with Crippen LogP contribution in [0.5, 0.6) is 0 Å². The Morgan fingerprint density at radius 1 is 1.00 bits per heavy atom. The topological polar surface area (TPSA) is 49.8 Å². The van der Waals surface area contributed by atoms with Crippen LogP contribution in [0.2, 0.25) is 0 Å². The minimum Gasteiger partial charge on any atom is -0.317 e. The third-order valence-corrected chi connectivity index (χ3v) is 5.45. The van der Waals surface area contributed by atoms with Gasteiger partial charge in [-0.25, -0.2) is 9.97 Å². The number of piperidine rings is 1. The summed E-state index contributed by atoms with van der Waals surface area (Å²) in [5.41, 5.74) is 2.50. The molecule has 0 atom stereocenters. The standard InChI is InChI=1S/C20H22N4S.2ClH/c1-2-5-15(6-3-1)13-17-14-22-20(25-17)24-19-8-4-7-18(23-19)16-9-11-21-12-10-16;;/h1-8,14,16,21H,9-13H2,(H,22,23,24);2*1H. The Hall–Kier alpha value is -1.66. The number of hydrogen-bond acceptors (Lipinski definition) is 5. The highest BCUT2D eigenvalue weighted by atomic mass is 35.5. The van der Waals surface area contributed by atoms with Crippen LogP contribution in [0.4, 0.5) is 10.9 Å². The molecule has 27 heavy (non-hydrogen) atoms. The van der Waals surface area contributed by atoms with Crippen molar-refractivity contribution in [3.63, 3.8) is 0 Å². The molecule has 3 heterocycles. The van der Waals surface area contributed by atoms with Gasteiger partial charge in [0.2, 0.25) is 0 Å². The van der Waals surface area contributed by atoms with E-state index in [2.05, 4.69) is 52.0 Å². The predicted octanol–water partition coefficient (Wildman–Crippen LogP) is 5.18. The van der Waals surface area contributed by atoms with Crippen LogP contribution in [0.25, 0.3) is 0 Å². The molecule has 2 N–H and O–H groups in total. The summed E-state index contributed by atoms with van der Waals surface area (Å²) in [6.45, 7) is 2.17. The van der Waals surface area contributed by atoms with Gasteiger partial charge >= 0.3 is 0 Å². The number of rotatable bonds is 5. The summed E-state index contributed by atoms with van der Waals surface area (Å²) in [7, 11) is 0. The van der Waals surface area contributed by atoms with Crippen LogP contribution in [-0.2, 0) is 6.42 Å². The maximum Gasteiger partial charge on any atom is 0.188 e. The Morgan fingerprint density at radius 3 is 2.56 bits per heavy atom. The highest BCUT2D eigenvalue weighted by Gasteiger charge is 2.16. The molecule has 1 aliphatic rings. The first-order chi connectivity index (χ1) is 12.4. The highest BCUT2D eigenvalue weighted by Crippen LogP contribution is 2.27. The van der Waals surface area contributed by atoms with Crippen molar-refractivity contribution in [3.8, 4) is 0 Å². The van der Waals surface area contributed by atoms with E-state index in [0.29, 0.717) is 5.92 Å². The second-order valence-electron chi connectivity index (χ2n) is 6.39. The zero-order chi connectivity index (χ0) is 16.9. The largest absolute Gasteiger partial charge is 0.317 e. The van der Waals surface area contributed by atoms with Gasteiger partial charge in [0, 0.05) is 29.1 Å². The Labute approximate surface area is 176 Å². The molecule has 4 rings (SSSR count). The van der Waals surface area contributed by atoms with E-state index in [1.807, 2.05) is 18.3 Å². The molecule has 144 valence electrons. The summed E-state index contributed by atoms with van der Waals surface area (Å²) in [6, 6.07) is 16.7. The lowest BCUT2D eigenvalue weighted by Gasteiger charge is -2.22. The fraction of sp³-hybridized carbons (Fsp3) is 0.300. The first-order valence-electron chi connectivity index (χ1n) is 8.80. The lowest BCUT2D eigenvalue weighted by molar-refractivity contribution is 0.453. The number of benzene rings is 1. The fourth-order valence-corrected chi connectivity index (χ4v) is 4.07. The number of pyridine rings is 1. The van der Waals surface area contributed by atoms with E-state index in [4.69, 9.17) is 4.98 Å². The van der Waals surface area contributed by atoms with Crippen LogP contribution in [-0.4, -0.2) is 23.1 Å². The Kier molecular flexibility index (Phi) is 8.51. The van der Waals surface area contributed by atoms with E-state index in [-0.39, 0.29) is 24.8 Å². The Balaban J connectivity index is 0.00000131. The molecule has 0 saturated carbocycles. The average Bonchev–Trinajstić information content (AvgIpc) is 3.10. The highest BCUT2D eigenvalue weighted by molar-refractivity contribution is 7.15. The maximum atomic E-state index is 4.81. The molecule has 1 aromatic carbocycles. The maximum absolute atomic E-state index is 4.81. The average molecular weight is 423 g/mol. The van der Waals surface area contributed by atoms with Crippen LogP contribution in [0, 0.1) is 0 Å². The van der Waals surface area contributed by atoms with Gasteiger partial charge in [-0.3, -0.25) is 0 Å². The quantitative estimate of drug-likeness (QED) is 0.594. The first kappa shape index (κ1) is 21.6. The van der Waals surface area contributed by atoms with Crippen molar-refractivity contribution in [2.24, 2.45) is 0 Å². The zero-order valence-corrected chi connectivity index (χ0v) is 17.4. The van der Waals surface area contributed by atoms with Crippen molar-refractivity contribution in [3.05, 3.63) is 70.9 Å². The van der Waals surface area contributed by atoms with Gasteiger partial charge in [0.15, 0.2) is 5.13 Å². The molecule has 1 saturated heterocycles. The van der Waals surface area contributed by atoms with E-state index >= 15 is 0 Å². The number of nitrogens with zero attached hydrogens (tertiary/aromatic N) is 2. The SMILES string of the molecule is Cl.Cl.c1ccc(Cc2cnc(Nc3cccc(C4CCNCC4)n3)s2)cc1. The molecule has 0 unspecified atom stereocenters. The number of aromatic nitrogens is 2. The Bertz CT molecular complexity index is 820. The van der Waals surface area contributed by atoms with Gasteiger partial charge in [0.05, 0.1) is 0 Å². The molecule has 7 heteroatoms. The molecule has 3 aromatic rings. The second kappa shape index (κ2) is 10.6. The van der Waals surface area contributed by atoms with Crippen LogP contribution >= 0.6 is 36.2 Å². The van der Waals surface area contributed by atoms with Gasteiger partial charge in [-0.05, 0) is 43.6 Å². The van der Waals surface area contributed by atoms with Crippen LogP contribution in [0.15, 0.2) is 54.7 Å². The van der Waals surface area contributed by atoms with Gasteiger partial charge in [-0.2, -0.15) is 0 Å². The molecule has 0 radical (unpaired) electrons. The first-order valence-corrected chi connectivity index (χ1v) is 9.62. The van der Waals surface area contributed by atoms with Crippen LogP contribution < -0.4 is 10.6 Å². The van der Waals surface area contributed by atoms with Gasteiger partial charge in [-0.15, -0.1) is 36.2 Å². The van der Waals surface area contributed by atoms with Crippen molar-refractivity contribution < 1.29 is 0 Å². The van der Waals surface area contributed by atoms with E-state index < -0.39 is 0 Å². The molecular formula is C20H24Cl2N4S. The van der Waals surface area contributed by atoms with Gasteiger partial charge in [0.25, 0.3) is 0 Å². The van der Waals surface area contributed by atoms with Crippen molar-refractivity contribution in [1.29, 1.82) is 0 Å². The second-order valence-corrected chi connectivity index (χ2v) is 7.51. The minimum absolute atomic E-state index is 0. The zero-order valence-electron chi connectivity index (χ0n) is 14.9. The molecule has 1 fully saturated rings. The molecule has 2 aromatic heterocycles. The van der Waals surface area contributed by atoms with E-state index in [1.165, 1.54) is 16.1 Å². The monoisotopic (exact) mass is 422 g/mol. The van der Waals surface area contributed by atoms with Crippen LogP contribution in [0.3, 0.4) is 0 Å². The van der Waals surface area contributed by atoms with Crippen LogP contribution in [0.1, 0.15) is 34.9 Å². The summed E-state index contributed by atoms with van der Waals surface area (Å²) >= 11 is 1.69. The lowest BCUT2D eigenvalue weighted by Crippen LogP contribution is -2.27. The van der Waals surface area contributed by atoms with Gasteiger partial charge in [-0.1, -0.05) is 36.4 Å². The molecule has 0 aliphatic carbocycles. The molecule has 1 aliphatic heterocycles. The molecule has 0 amide bonds. The molecule has 0 spiro atoms. The summed E-state index contributed by atoms with van der Waals surface area (Å²) < 4.78 is 0. The number of thiazole rings is 1. The van der Waals surface area contributed by atoms with Gasteiger partial charge < -0.3 is 10.6 Å². The number of hydrogen-bond donors (Lipinski definition) is 2. The smallest absolute Gasteiger partial charge is 0.188 e. The van der Waals surface area contributed by atoms with E-state index in [9.17, 15) is 0 Å². The van der Waals surface area contributed by atoms with E-state index in [1.54, 1.807) is 11.3 Å². The summed E-state index contributed by atoms with van der Waals surface area (Å²) in [5.74, 6) is 1.45. The van der Waals surface area contributed by atoms with Crippen molar-refractivity contribution in [2.75, 3.05) is 18.4 Å². The number of anilines is 2. The normalized spacial score (nSPS) is 14.1. The van der Waals surface area contributed by atoms with Crippen molar-refractivity contribution in [1.82, 2.24) is 15.3 Å². The minimum atomic E-state index is 0. The summed E-state index contributed by atoms with van der Waals surface area (Å²) in [5, 5.41) is 7.68. The van der Waals surface area contributed by atoms with E-state index in [0.717, 1.165) is 43.3 Å². The third kappa shape index (κ3) is 5.91. The van der Waals surface area contributed by atoms with Crippen molar-refractivity contribution >= 4 is 47.1 Å². The lowest BCUT2D eigenvalue weighted by atomic mass is 9.94. The third-order valence-electron chi connectivity index (χ3n) is 4.54. The van der Waals surface area contributed by atoms with Gasteiger partial charge in [0.1, 0.15) is 5.82 Å². The molecule has 4 nitrogen and oxygen atoms in total. The summed E-state index contributed by atoms with van der Waals surface area (Å²) in [6.07, 6.45) is 5.20. The number of halogens is 2. The molecular weight excluding hydrogens is 399 g/mol. The summed E-state index contributed by atoms with van der Waals surface area (Å²) in [4.78, 5) is 10.6. The number of nitrogens with one attached hydrogen (secondary N) is 2.